The van der Waals surface area contributed by atoms with Crippen molar-refractivity contribution in [1.82, 2.24) is 5.32 Å². The van der Waals surface area contributed by atoms with Crippen LogP contribution in [0.25, 0.3) is 0 Å². The molecule has 1 heterocycles. The van der Waals surface area contributed by atoms with E-state index in [0.29, 0.717) is 11.1 Å². The smallest absolute Gasteiger partial charge is 0.0589 e. The maximum atomic E-state index is 8.33. The van der Waals surface area contributed by atoms with Gasteiger partial charge in [0.15, 0.2) is 0 Å². The maximum absolute atomic E-state index is 8.33. The van der Waals surface area contributed by atoms with E-state index >= 15 is 0 Å². The fourth-order valence-electron chi connectivity index (χ4n) is 1.28. The van der Waals surface area contributed by atoms with Gasteiger partial charge in [-0.05, 0) is 33.1 Å². The van der Waals surface area contributed by atoms with Crippen LogP contribution in [-0.4, -0.2) is 12.0 Å². The van der Waals surface area contributed by atoms with Gasteiger partial charge in [0.2, 0.25) is 0 Å². The summed E-state index contributed by atoms with van der Waals surface area (Å²) in [4.78, 5) is 0. The van der Waals surface area contributed by atoms with Gasteiger partial charge in [0.1, 0.15) is 0 Å². The van der Waals surface area contributed by atoms with E-state index in [2.05, 4.69) is 18.5 Å². The molecule has 1 N–H and O–H groups in total. The molecule has 1 rings (SSSR count). The Morgan fingerprint density at radius 3 is 2.79 bits per heavy atom. The van der Waals surface area contributed by atoms with Gasteiger partial charge in [-0.25, -0.2) is 0 Å². The molecule has 1 unspecified atom stereocenters. The summed E-state index contributed by atoms with van der Waals surface area (Å²) in [6.07, 6.45) is -0.869. The quantitative estimate of drug-likeness (QED) is 0.681. The molecular weight excluding hydrogens is 170 g/mol. The molecule has 0 bridgehead atoms. The molecule has 0 amide bonds. The highest BCUT2D eigenvalue weighted by molar-refractivity contribution is 5.09. The molecule has 0 aromatic heterocycles. The molecule has 0 aromatic rings. The van der Waals surface area contributed by atoms with Gasteiger partial charge in [-0.1, -0.05) is 23.3 Å². The molecule has 3 atom stereocenters. The second-order valence-corrected chi connectivity index (χ2v) is 3.81. The van der Waals surface area contributed by atoms with E-state index in [0.717, 1.165) is 0 Å². The van der Waals surface area contributed by atoms with Crippen LogP contribution in [-0.2, 0) is 0 Å². The van der Waals surface area contributed by atoms with Crippen molar-refractivity contribution < 1.29 is 6.85 Å². The molecule has 1 heteroatoms. The highest BCUT2D eigenvalue weighted by Gasteiger charge is 2.16. The lowest BCUT2D eigenvalue weighted by atomic mass is 9.97. The summed E-state index contributed by atoms with van der Waals surface area (Å²) >= 11 is 0. The first-order valence-electron chi connectivity index (χ1n) is 7.28. The predicted molar refractivity (Wildman–Crippen MR) is 63.3 cm³/mol. The van der Waals surface area contributed by atoms with E-state index in [1.165, 1.54) is 0 Å². The predicted octanol–water partition coefficient (Wildman–Crippen LogP) is 3.21. The van der Waals surface area contributed by atoms with E-state index in [4.69, 9.17) is 6.85 Å². The largest absolute Gasteiger partial charge is 0.307 e. The zero-order valence-corrected chi connectivity index (χ0v) is 8.91. The summed E-state index contributed by atoms with van der Waals surface area (Å²) in [7, 11) is 0. The Hall–Kier alpha value is -0.820. The van der Waals surface area contributed by atoms with Gasteiger partial charge >= 0.3 is 0 Å². The number of hydrogen-bond donors (Lipinski definition) is 1. The molecule has 0 saturated heterocycles. The van der Waals surface area contributed by atoms with Gasteiger partial charge in [0.05, 0.1) is 4.11 Å². The molecule has 1 aliphatic rings. The van der Waals surface area contributed by atoms with Gasteiger partial charge in [-0.2, -0.15) is 0 Å². The van der Waals surface area contributed by atoms with E-state index in [1.54, 1.807) is 13.8 Å². The van der Waals surface area contributed by atoms with Gasteiger partial charge in [-0.3, -0.25) is 0 Å². The second kappa shape index (κ2) is 5.16. The van der Waals surface area contributed by atoms with E-state index < -0.39 is 18.4 Å². The fourth-order valence-corrected chi connectivity index (χ4v) is 1.28. The molecule has 0 aromatic carbocycles. The third kappa shape index (κ3) is 3.93. The van der Waals surface area contributed by atoms with Crippen molar-refractivity contribution in [2.45, 2.75) is 45.1 Å². The average molecular weight is 196 g/mol. The molecule has 14 heavy (non-hydrogen) atoms. The molecule has 1 nitrogen and oxygen atoms in total. The average Bonchev–Trinajstić information content (AvgIpc) is 2.21. The molecule has 0 radical (unpaired) electrons. The summed E-state index contributed by atoms with van der Waals surface area (Å²) in [5, 5.41) is 2.76. The van der Waals surface area contributed by atoms with Crippen LogP contribution in [0.3, 0.4) is 0 Å². The van der Waals surface area contributed by atoms with Crippen molar-refractivity contribution in [3.8, 4) is 0 Å². The second-order valence-electron chi connectivity index (χ2n) is 3.81. The van der Waals surface area contributed by atoms with Crippen LogP contribution in [0.4, 0.5) is 0 Å². The van der Waals surface area contributed by atoms with Crippen LogP contribution >= 0.6 is 0 Å². The molecular formula is C13H21N. The van der Waals surface area contributed by atoms with Crippen LogP contribution in [0.2, 0.25) is 0 Å². The number of hydrogen-bond acceptors (Lipinski definition) is 1. The van der Waals surface area contributed by atoms with E-state index in [-0.39, 0.29) is 24.9 Å². The first-order valence-corrected chi connectivity index (χ1v) is 4.70. The lowest BCUT2D eigenvalue weighted by Gasteiger charge is -2.27. The molecule has 0 fully saturated rings. The number of rotatable bonds is 4. The molecule has 0 spiro atoms. The third-order valence-electron chi connectivity index (χ3n) is 1.75. The minimum absolute atomic E-state index is 0.151. The van der Waals surface area contributed by atoms with Crippen LogP contribution in [0, 0.1) is 0 Å². The summed E-state index contributed by atoms with van der Waals surface area (Å²) < 4.78 is 40.3. The Morgan fingerprint density at radius 2 is 2.21 bits per heavy atom. The summed E-state index contributed by atoms with van der Waals surface area (Å²) in [6, 6.07) is -3.58. The van der Waals surface area contributed by atoms with Gasteiger partial charge in [-0.15, -0.1) is 13.2 Å². The third-order valence-corrected chi connectivity index (χ3v) is 1.75. The highest BCUT2D eigenvalue weighted by Crippen LogP contribution is 2.15. The minimum Gasteiger partial charge on any atom is -0.307 e. The maximum Gasteiger partial charge on any atom is 0.0589 e. The molecule has 0 aliphatic carbocycles. The van der Waals surface area contributed by atoms with Crippen LogP contribution in [0.15, 0.2) is 36.4 Å². The van der Waals surface area contributed by atoms with Crippen LogP contribution in [0.5, 0.6) is 0 Å². The Balaban J connectivity index is 3.24. The Bertz CT molecular complexity index is 444. The molecule has 78 valence electrons. The van der Waals surface area contributed by atoms with Crippen molar-refractivity contribution in [1.29, 1.82) is 0 Å². The number of nitrogens with one attached hydrogen (secondary N) is 1. The normalized spacial score (nSPS) is 48.4. The van der Waals surface area contributed by atoms with Crippen LogP contribution < -0.4 is 5.32 Å². The Kier molecular flexibility index (Phi) is 2.18. The summed E-state index contributed by atoms with van der Waals surface area (Å²) in [6.45, 7) is 11.0. The SMILES string of the molecule is [2H]C1=C([2H])[C@]([2H])(CC(=C)C)N[C@@]([2H])(CC(=C)C)C1[2H]. The standard InChI is InChI=1S/C13H21N/c1-10(2)8-12-6-5-7-13(14-12)9-11(3)4/h5-6,12-14H,1,3,7-9H2,2,4H3/t12-,13-/m1/s1/i5D,6D,7D,12D,13D/t7?,12-,13-. The van der Waals surface area contributed by atoms with Gasteiger partial charge < -0.3 is 5.32 Å². The fraction of sp³-hybridized carbons (Fsp3) is 0.538. The van der Waals surface area contributed by atoms with Gasteiger partial charge in [0, 0.05) is 14.8 Å². The first kappa shape index (κ1) is 5.92. The molecule has 0 saturated carbocycles. The first-order chi connectivity index (χ1) is 8.52. The summed E-state index contributed by atoms with van der Waals surface area (Å²) in [5.74, 6) is 0. The summed E-state index contributed by atoms with van der Waals surface area (Å²) in [5.41, 5.74) is 1.40. The zero-order chi connectivity index (χ0) is 15.0. The lowest BCUT2D eigenvalue weighted by Crippen LogP contribution is -2.39. The van der Waals surface area contributed by atoms with E-state index in [1.807, 2.05) is 0 Å². The van der Waals surface area contributed by atoms with Crippen molar-refractivity contribution in [2.75, 3.05) is 0 Å². The monoisotopic (exact) mass is 196 g/mol. The topological polar surface area (TPSA) is 12.0 Å². The van der Waals surface area contributed by atoms with Crippen LogP contribution in [0.1, 0.15) is 39.9 Å². The Morgan fingerprint density at radius 1 is 1.57 bits per heavy atom. The van der Waals surface area contributed by atoms with Crippen molar-refractivity contribution >= 4 is 0 Å². The van der Waals surface area contributed by atoms with Crippen molar-refractivity contribution in [3.05, 3.63) is 36.4 Å². The van der Waals surface area contributed by atoms with Crippen molar-refractivity contribution in [2.24, 2.45) is 0 Å². The van der Waals surface area contributed by atoms with Gasteiger partial charge in [0.25, 0.3) is 0 Å². The minimum atomic E-state index is -1.56. The van der Waals surface area contributed by atoms with Crippen molar-refractivity contribution in [3.63, 3.8) is 0 Å². The lowest BCUT2D eigenvalue weighted by molar-refractivity contribution is 0.445. The molecule has 1 aliphatic heterocycles. The zero-order valence-electron chi connectivity index (χ0n) is 13.9. The Labute approximate surface area is 94.6 Å². The highest BCUT2D eigenvalue weighted by atomic mass is 14.9. The van der Waals surface area contributed by atoms with E-state index in [9.17, 15) is 0 Å².